The van der Waals surface area contributed by atoms with Crippen molar-refractivity contribution in [3.8, 4) is 11.4 Å². The Balaban J connectivity index is 1.66. The highest BCUT2D eigenvalue weighted by Crippen LogP contribution is 2.28. The molecule has 0 unspecified atom stereocenters. The number of benzene rings is 2. The average molecular weight is 389 g/mol. The minimum atomic E-state index is -0.362. The lowest BCUT2D eigenvalue weighted by Crippen LogP contribution is -1.97. The van der Waals surface area contributed by atoms with Crippen LogP contribution in [0.2, 0.25) is 5.02 Å². The topological polar surface area (TPSA) is 43.1 Å². The van der Waals surface area contributed by atoms with E-state index in [4.69, 9.17) is 11.6 Å². The van der Waals surface area contributed by atoms with Gasteiger partial charge in [0.25, 0.3) is 0 Å². The summed E-state index contributed by atoms with van der Waals surface area (Å²) in [6.07, 6.45) is 0. The largest absolute Gasteiger partial charge is 0.207 e. The lowest BCUT2D eigenvalue weighted by molar-refractivity contribution is 0.617. The van der Waals surface area contributed by atoms with Crippen molar-refractivity contribution in [3.05, 3.63) is 76.8 Å². The summed E-state index contributed by atoms with van der Waals surface area (Å²) >= 11 is 7.40. The number of fused-ring (bicyclic) bond motifs is 1. The van der Waals surface area contributed by atoms with Gasteiger partial charge in [-0.2, -0.15) is 9.61 Å². The molecule has 0 spiro atoms. The highest BCUT2D eigenvalue weighted by Gasteiger charge is 2.12. The molecule has 0 atom stereocenters. The van der Waals surface area contributed by atoms with Gasteiger partial charge < -0.3 is 0 Å². The zero-order valence-corrected chi connectivity index (χ0v) is 14.8. The van der Waals surface area contributed by atoms with Gasteiger partial charge in [-0.3, -0.25) is 0 Å². The molecule has 26 heavy (non-hydrogen) atoms. The van der Waals surface area contributed by atoms with Crippen LogP contribution in [0.3, 0.4) is 0 Å². The molecule has 4 aromatic rings. The second-order valence-corrected chi connectivity index (χ2v) is 6.87. The molecule has 0 amide bonds. The van der Waals surface area contributed by atoms with Crippen molar-refractivity contribution in [1.82, 2.24) is 19.8 Å². The third-order valence-corrected chi connectivity index (χ3v) is 5.05. The minimum Gasteiger partial charge on any atom is -0.207 e. The van der Waals surface area contributed by atoms with E-state index in [1.165, 1.54) is 30.0 Å². The van der Waals surface area contributed by atoms with E-state index in [0.717, 1.165) is 0 Å². The van der Waals surface area contributed by atoms with Gasteiger partial charge in [-0.25, -0.2) is 8.78 Å². The van der Waals surface area contributed by atoms with Crippen molar-refractivity contribution in [3.63, 3.8) is 0 Å². The fraction of sp³-hybridized carbons (Fsp3) is 0.0556. The Morgan fingerprint density at radius 1 is 1.00 bits per heavy atom. The lowest BCUT2D eigenvalue weighted by Gasteiger charge is -2.06. The van der Waals surface area contributed by atoms with Crippen molar-refractivity contribution < 1.29 is 8.78 Å². The van der Waals surface area contributed by atoms with Crippen LogP contribution in [0.1, 0.15) is 5.56 Å². The Kier molecular flexibility index (Phi) is 4.57. The van der Waals surface area contributed by atoms with E-state index in [1.54, 1.807) is 40.9 Å². The maximum atomic E-state index is 13.9. The highest BCUT2D eigenvalue weighted by atomic mass is 35.5. The van der Waals surface area contributed by atoms with Crippen LogP contribution < -0.4 is 0 Å². The molecule has 0 N–H and O–H groups in total. The Bertz CT molecular complexity index is 1080. The van der Waals surface area contributed by atoms with Crippen molar-refractivity contribution in [2.75, 3.05) is 0 Å². The van der Waals surface area contributed by atoms with Crippen LogP contribution in [0.4, 0.5) is 8.78 Å². The molecular weight excluding hydrogens is 378 g/mol. The molecule has 2 aromatic carbocycles. The van der Waals surface area contributed by atoms with E-state index >= 15 is 0 Å². The monoisotopic (exact) mass is 388 g/mol. The molecule has 0 saturated heterocycles. The number of nitrogens with zero attached hydrogens (tertiary/aromatic N) is 4. The van der Waals surface area contributed by atoms with Gasteiger partial charge in [-0.1, -0.05) is 41.6 Å². The second-order valence-electron chi connectivity index (χ2n) is 5.46. The van der Waals surface area contributed by atoms with E-state index in [0.29, 0.717) is 38.4 Å². The second kappa shape index (κ2) is 7.01. The highest BCUT2D eigenvalue weighted by molar-refractivity contribution is 7.98. The predicted molar refractivity (Wildman–Crippen MR) is 97.1 cm³/mol. The van der Waals surface area contributed by atoms with E-state index in [1.807, 2.05) is 0 Å². The SMILES string of the molecule is Fc1cccc(-c2nnc3ccc(SCc4c(F)cccc4Cl)nn23)c1. The number of hydrogen-bond acceptors (Lipinski definition) is 4. The summed E-state index contributed by atoms with van der Waals surface area (Å²) in [7, 11) is 0. The van der Waals surface area contributed by atoms with Gasteiger partial charge in [-0.15, -0.1) is 10.2 Å². The molecule has 0 saturated carbocycles. The summed E-state index contributed by atoms with van der Waals surface area (Å²) in [5, 5.41) is 13.6. The van der Waals surface area contributed by atoms with E-state index < -0.39 is 0 Å². The Labute approximate surface area is 156 Å². The standard InChI is InChI=1S/C18H11ClF2N4S/c19-14-5-2-6-15(21)13(14)10-26-17-8-7-16-22-23-18(25(16)24-17)11-3-1-4-12(20)9-11/h1-9H,10H2. The minimum absolute atomic E-state index is 0.335. The van der Waals surface area contributed by atoms with Gasteiger partial charge in [0.05, 0.1) is 0 Å². The molecule has 4 nitrogen and oxygen atoms in total. The van der Waals surface area contributed by atoms with Crippen LogP contribution in [0.25, 0.3) is 17.0 Å². The maximum Gasteiger partial charge on any atom is 0.185 e. The molecule has 0 radical (unpaired) electrons. The predicted octanol–water partition coefficient (Wildman–Crippen LogP) is 5.02. The smallest absolute Gasteiger partial charge is 0.185 e. The van der Waals surface area contributed by atoms with Gasteiger partial charge in [0.1, 0.15) is 16.7 Å². The fourth-order valence-corrected chi connectivity index (χ4v) is 3.67. The first-order valence-corrected chi connectivity index (χ1v) is 9.02. The van der Waals surface area contributed by atoms with Crippen molar-refractivity contribution >= 4 is 29.0 Å². The molecule has 4 rings (SSSR count). The Hall–Kier alpha value is -2.51. The van der Waals surface area contributed by atoms with Crippen LogP contribution in [0.5, 0.6) is 0 Å². The number of thioether (sulfide) groups is 1. The van der Waals surface area contributed by atoms with Crippen molar-refractivity contribution in [2.45, 2.75) is 10.8 Å². The summed E-state index contributed by atoms with van der Waals surface area (Å²) in [6, 6.07) is 14.2. The molecule has 0 fully saturated rings. The van der Waals surface area contributed by atoms with Crippen LogP contribution in [0.15, 0.2) is 59.6 Å². The zero-order chi connectivity index (χ0) is 18.1. The number of halogens is 3. The van der Waals surface area contributed by atoms with Gasteiger partial charge in [0.15, 0.2) is 11.5 Å². The zero-order valence-electron chi connectivity index (χ0n) is 13.2. The van der Waals surface area contributed by atoms with Crippen LogP contribution in [-0.2, 0) is 5.75 Å². The number of aromatic nitrogens is 4. The van der Waals surface area contributed by atoms with Gasteiger partial charge in [0.2, 0.25) is 0 Å². The van der Waals surface area contributed by atoms with Crippen LogP contribution in [0, 0.1) is 11.6 Å². The van der Waals surface area contributed by atoms with E-state index in [-0.39, 0.29) is 11.6 Å². The Morgan fingerprint density at radius 2 is 1.85 bits per heavy atom. The summed E-state index contributed by atoms with van der Waals surface area (Å²) in [5.41, 5.74) is 1.54. The third kappa shape index (κ3) is 3.27. The molecule has 0 bridgehead atoms. The third-order valence-electron chi connectivity index (χ3n) is 3.75. The normalized spacial score (nSPS) is 11.2. The van der Waals surface area contributed by atoms with Gasteiger partial charge in [0, 0.05) is 21.9 Å². The summed E-state index contributed by atoms with van der Waals surface area (Å²) in [4.78, 5) is 0. The summed E-state index contributed by atoms with van der Waals surface area (Å²) in [5.74, 6) is 0.0576. The van der Waals surface area contributed by atoms with Gasteiger partial charge in [-0.05, 0) is 36.4 Å². The molecule has 0 aliphatic heterocycles. The Morgan fingerprint density at radius 3 is 2.65 bits per heavy atom. The summed E-state index contributed by atoms with van der Waals surface area (Å²) in [6.45, 7) is 0. The fourth-order valence-electron chi connectivity index (χ4n) is 2.47. The lowest BCUT2D eigenvalue weighted by atomic mass is 10.2. The summed E-state index contributed by atoms with van der Waals surface area (Å²) < 4.78 is 28.9. The molecular formula is C18H11ClF2N4S. The molecule has 2 aromatic heterocycles. The molecule has 0 aliphatic rings. The molecule has 8 heteroatoms. The van der Waals surface area contributed by atoms with Crippen molar-refractivity contribution in [1.29, 1.82) is 0 Å². The molecule has 130 valence electrons. The van der Waals surface area contributed by atoms with E-state index in [2.05, 4.69) is 15.3 Å². The van der Waals surface area contributed by atoms with Crippen LogP contribution in [-0.4, -0.2) is 19.8 Å². The first-order chi connectivity index (χ1) is 12.6. The molecule has 2 heterocycles. The maximum absolute atomic E-state index is 13.9. The van der Waals surface area contributed by atoms with E-state index in [9.17, 15) is 8.78 Å². The first-order valence-electron chi connectivity index (χ1n) is 7.66. The van der Waals surface area contributed by atoms with Gasteiger partial charge >= 0.3 is 0 Å². The van der Waals surface area contributed by atoms with Crippen LogP contribution >= 0.6 is 23.4 Å². The average Bonchev–Trinajstić information content (AvgIpc) is 3.04. The molecule has 0 aliphatic carbocycles. The number of rotatable bonds is 4. The quantitative estimate of drug-likeness (QED) is 0.461. The number of hydrogen-bond donors (Lipinski definition) is 0. The first kappa shape index (κ1) is 16.9. The van der Waals surface area contributed by atoms with Crippen molar-refractivity contribution in [2.24, 2.45) is 0 Å².